The van der Waals surface area contributed by atoms with Crippen molar-refractivity contribution in [1.29, 1.82) is 0 Å². The summed E-state index contributed by atoms with van der Waals surface area (Å²) in [7, 11) is 0. The molecule has 0 aliphatic heterocycles. The van der Waals surface area contributed by atoms with Gasteiger partial charge in [-0.25, -0.2) is 0 Å². The predicted molar refractivity (Wildman–Crippen MR) is 79.1 cm³/mol. The third-order valence-corrected chi connectivity index (χ3v) is 6.34. The Morgan fingerprint density at radius 1 is 1.22 bits per heavy atom. The zero-order valence-corrected chi connectivity index (χ0v) is 12.5. The van der Waals surface area contributed by atoms with E-state index in [1.165, 1.54) is 54.7 Å². The molecule has 0 aromatic carbocycles. The quantitative estimate of drug-likeness (QED) is 0.824. The molecule has 18 heavy (non-hydrogen) atoms. The second kappa shape index (κ2) is 4.97. The summed E-state index contributed by atoms with van der Waals surface area (Å²) in [5.41, 5.74) is 0.679. The lowest BCUT2D eigenvalue weighted by molar-refractivity contribution is 0.0177. The van der Waals surface area contributed by atoms with Gasteiger partial charge in [-0.3, -0.25) is 0 Å². The first kappa shape index (κ1) is 12.7. The molecule has 0 saturated heterocycles. The van der Waals surface area contributed by atoms with E-state index in [1.807, 2.05) is 11.3 Å². The van der Waals surface area contributed by atoms with E-state index in [0.29, 0.717) is 11.5 Å². The molecule has 1 aromatic heterocycles. The summed E-state index contributed by atoms with van der Waals surface area (Å²) < 4.78 is 0. The van der Waals surface area contributed by atoms with Crippen molar-refractivity contribution < 1.29 is 0 Å². The lowest BCUT2D eigenvalue weighted by Crippen LogP contribution is -2.54. The third kappa shape index (κ3) is 2.25. The molecule has 0 radical (unpaired) electrons. The molecule has 1 heterocycles. The van der Waals surface area contributed by atoms with E-state index in [2.05, 4.69) is 31.3 Å². The molecule has 2 aliphatic carbocycles. The van der Waals surface area contributed by atoms with Gasteiger partial charge in [0.15, 0.2) is 0 Å². The summed E-state index contributed by atoms with van der Waals surface area (Å²) in [5, 5.41) is 3.92. The highest BCUT2D eigenvalue weighted by atomic mass is 32.1. The molecule has 0 amide bonds. The molecular weight excluding hydrogens is 238 g/mol. The number of rotatable bonds is 3. The van der Waals surface area contributed by atoms with Crippen LogP contribution in [0.25, 0.3) is 0 Å². The van der Waals surface area contributed by atoms with Gasteiger partial charge in [0.25, 0.3) is 0 Å². The first-order chi connectivity index (χ1) is 8.70. The van der Waals surface area contributed by atoms with Crippen molar-refractivity contribution in [3.63, 3.8) is 0 Å². The van der Waals surface area contributed by atoms with E-state index in [9.17, 15) is 0 Å². The molecule has 2 heteroatoms. The minimum absolute atomic E-state index is 0.535. The number of aryl methyl sites for hydroxylation is 1. The van der Waals surface area contributed by atoms with Gasteiger partial charge in [-0.15, -0.1) is 11.3 Å². The minimum Gasteiger partial charge on any atom is -0.306 e. The highest BCUT2D eigenvalue weighted by Crippen LogP contribution is 2.52. The van der Waals surface area contributed by atoms with Crippen molar-refractivity contribution >= 4 is 11.3 Å². The number of nitrogens with one attached hydrogen (secondary N) is 1. The van der Waals surface area contributed by atoms with Crippen molar-refractivity contribution in [1.82, 2.24) is 5.32 Å². The van der Waals surface area contributed by atoms with Gasteiger partial charge >= 0.3 is 0 Å². The maximum Gasteiger partial charge on any atom is 0.0388 e. The molecule has 2 atom stereocenters. The lowest BCUT2D eigenvalue weighted by atomic mass is 9.57. The Balaban J connectivity index is 1.62. The molecule has 0 bridgehead atoms. The first-order valence-corrected chi connectivity index (χ1v) is 8.34. The SMILES string of the molecule is Cc1ccc(C(C)NC2CCC23CCCCC3)s1. The summed E-state index contributed by atoms with van der Waals surface area (Å²) in [5.74, 6) is 0. The van der Waals surface area contributed by atoms with E-state index < -0.39 is 0 Å². The maximum atomic E-state index is 3.92. The largest absolute Gasteiger partial charge is 0.306 e. The van der Waals surface area contributed by atoms with E-state index >= 15 is 0 Å². The highest BCUT2D eigenvalue weighted by Gasteiger charge is 2.46. The monoisotopic (exact) mass is 263 g/mol. The fourth-order valence-electron chi connectivity index (χ4n) is 3.88. The fourth-order valence-corrected chi connectivity index (χ4v) is 4.77. The van der Waals surface area contributed by atoms with Crippen LogP contribution < -0.4 is 5.32 Å². The van der Waals surface area contributed by atoms with E-state index in [1.54, 1.807) is 0 Å². The molecule has 2 unspecified atom stereocenters. The number of hydrogen-bond donors (Lipinski definition) is 1. The number of hydrogen-bond acceptors (Lipinski definition) is 2. The fraction of sp³-hybridized carbons (Fsp3) is 0.750. The van der Waals surface area contributed by atoms with Gasteiger partial charge in [0.1, 0.15) is 0 Å². The average molecular weight is 263 g/mol. The van der Waals surface area contributed by atoms with Crippen molar-refractivity contribution in [2.45, 2.75) is 70.9 Å². The van der Waals surface area contributed by atoms with Crippen LogP contribution >= 0.6 is 11.3 Å². The molecule has 2 aliphatic rings. The molecule has 1 N–H and O–H groups in total. The van der Waals surface area contributed by atoms with Gasteiger partial charge in [-0.1, -0.05) is 19.3 Å². The Labute approximate surface area is 115 Å². The van der Waals surface area contributed by atoms with E-state index in [-0.39, 0.29) is 0 Å². The zero-order valence-electron chi connectivity index (χ0n) is 11.7. The molecule has 1 nitrogen and oxygen atoms in total. The second-order valence-corrected chi connectivity index (χ2v) is 7.67. The zero-order chi connectivity index (χ0) is 12.6. The number of thiophene rings is 1. The van der Waals surface area contributed by atoms with Crippen LogP contribution in [-0.2, 0) is 0 Å². The average Bonchev–Trinajstić information content (AvgIpc) is 2.82. The van der Waals surface area contributed by atoms with Crippen molar-refractivity contribution in [2.24, 2.45) is 5.41 Å². The van der Waals surface area contributed by atoms with E-state index in [4.69, 9.17) is 0 Å². The summed E-state index contributed by atoms with van der Waals surface area (Å²) in [6, 6.07) is 5.86. The van der Waals surface area contributed by atoms with Crippen LogP contribution in [-0.4, -0.2) is 6.04 Å². The normalized spacial score (nSPS) is 28.0. The van der Waals surface area contributed by atoms with Crippen LogP contribution in [0.4, 0.5) is 0 Å². The van der Waals surface area contributed by atoms with Crippen LogP contribution in [0.5, 0.6) is 0 Å². The van der Waals surface area contributed by atoms with E-state index in [0.717, 1.165) is 6.04 Å². The van der Waals surface area contributed by atoms with Crippen LogP contribution in [0.1, 0.15) is 67.7 Å². The Bertz CT molecular complexity index is 403. The van der Waals surface area contributed by atoms with Crippen LogP contribution in [0, 0.1) is 12.3 Å². The minimum atomic E-state index is 0.535. The second-order valence-electron chi connectivity index (χ2n) is 6.35. The Morgan fingerprint density at radius 3 is 2.56 bits per heavy atom. The third-order valence-electron chi connectivity index (χ3n) is 5.16. The molecule has 1 aromatic rings. The van der Waals surface area contributed by atoms with Gasteiger partial charge in [-0.2, -0.15) is 0 Å². The summed E-state index contributed by atoms with van der Waals surface area (Å²) in [6.45, 7) is 4.53. The van der Waals surface area contributed by atoms with Crippen molar-refractivity contribution in [3.8, 4) is 0 Å². The van der Waals surface area contributed by atoms with Gasteiger partial charge in [0, 0.05) is 21.8 Å². The summed E-state index contributed by atoms with van der Waals surface area (Å²) >= 11 is 1.94. The molecule has 3 rings (SSSR count). The van der Waals surface area contributed by atoms with Gasteiger partial charge in [0.2, 0.25) is 0 Å². The lowest BCUT2D eigenvalue weighted by Gasteiger charge is -2.53. The Kier molecular flexibility index (Phi) is 3.50. The maximum absolute atomic E-state index is 3.92. The van der Waals surface area contributed by atoms with Crippen LogP contribution in [0.2, 0.25) is 0 Å². The summed E-state index contributed by atoms with van der Waals surface area (Å²) in [6.07, 6.45) is 10.2. The van der Waals surface area contributed by atoms with Crippen LogP contribution in [0.3, 0.4) is 0 Å². The highest BCUT2D eigenvalue weighted by molar-refractivity contribution is 7.12. The summed E-state index contributed by atoms with van der Waals surface area (Å²) in [4.78, 5) is 2.94. The van der Waals surface area contributed by atoms with Gasteiger partial charge in [-0.05, 0) is 57.1 Å². The molecule has 100 valence electrons. The smallest absolute Gasteiger partial charge is 0.0388 e. The van der Waals surface area contributed by atoms with Crippen molar-refractivity contribution in [2.75, 3.05) is 0 Å². The van der Waals surface area contributed by atoms with Crippen LogP contribution in [0.15, 0.2) is 12.1 Å². The predicted octanol–water partition coefficient (Wildman–Crippen LogP) is 4.82. The molecule has 2 saturated carbocycles. The topological polar surface area (TPSA) is 12.0 Å². The van der Waals surface area contributed by atoms with Gasteiger partial charge < -0.3 is 5.32 Å². The molecule has 2 fully saturated rings. The van der Waals surface area contributed by atoms with Gasteiger partial charge in [0.05, 0.1) is 0 Å². The van der Waals surface area contributed by atoms with Crippen molar-refractivity contribution in [3.05, 3.63) is 21.9 Å². The first-order valence-electron chi connectivity index (χ1n) is 7.52. The Hall–Kier alpha value is -0.340. The standard InChI is InChI=1S/C16H25NS/c1-12-6-7-14(18-12)13(2)17-15-8-11-16(15)9-4-3-5-10-16/h6-7,13,15,17H,3-5,8-11H2,1-2H3. The molecular formula is C16H25NS. The molecule has 1 spiro atoms. The Morgan fingerprint density at radius 2 is 2.00 bits per heavy atom.